The van der Waals surface area contributed by atoms with Crippen molar-refractivity contribution in [3.05, 3.63) is 59.9 Å². The first kappa shape index (κ1) is 24.5. The highest BCUT2D eigenvalue weighted by Gasteiger charge is 2.33. The molecule has 34 heavy (non-hydrogen) atoms. The van der Waals surface area contributed by atoms with Crippen LogP contribution in [-0.2, 0) is 4.79 Å². The lowest BCUT2D eigenvalue weighted by molar-refractivity contribution is -0.110. The van der Waals surface area contributed by atoms with E-state index in [9.17, 15) is 9.18 Å². The number of carbonyl (C=O) groups excluding carboxylic acids is 1. The van der Waals surface area contributed by atoms with Crippen molar-refractivity contribution in [1.82, 2.24) is 10.2 Å². The molecule has 2 aromatic carbocycles. The van der Waals surface area contributed by atoms with Gasteiger partial charge >= 0.3 is 0 Å². The van der Waals surface area contributed by atoms with Crippen LogP contribution < -0.4 is 15.0 Å². The van der Waals surface area contributed by atoms with Gasteiger partial charge in [0.05, 0.1) is 12.8 Å². The van der Waals surface area contributed by atoms with Crippen molar-refractivity contribution >= 4 is 12.1 Å². The minimum absolute atomic E-state index is 0.0235. The van der Waals surface area contributed by atoms with Crippen LogP contribution in [0.1, 0.15) is 50.0 Å². The number of nitrogens with zero attached hydrogens (tertiary/aromatic N) is 2. The van der Waals surface area contributed by atoms with Crippen LogP contribution in [0.4, 0.5) is 10.1 Å². The molecule has 6 heteroatoms. The Morgan fingerprint density at radius 1 is 1.03 bits per heavy atom. The summed E-state index contributed by atoms with van der Waals surface area (Å²) in [6.45, 7) is 4.67. The number of halogens is 1. The largest absolute Gasteiger partial charge is 0.495 e. The van der Waals surface area contributed by atoms with E-state index in [0.717, 1.165) is 75.4 Å². The molecule has 184 valence electrons. The van der Waals surface area contributed by atoms with E-state index in [-0.39, 0.29) is 17.8 Å². The Morgan fingerprint density at radius 3 is 2.44 bits per heavy atom. The van der Waals surface area contributed by atoms with E-state index in [0.29, 0.717) is 5.92 Å². The molecule has 1 amide bonds. The van der Waals surface area contributed by atoms with Crippen molar-refractivity contribution in [3.63, 3.8) is 0 Å². The molecular formula is C28H38FN3O2. The van der Waals surface area contributed by atoms with Crippen molar-refractivity contribution in [2.24, 2.45) is 5.92 Å². The number of ether oxygens (including phenoxy) is 1. The molecule has 1 heterocycles. The van der Waals surface area contributed by atoms with Gasteiger partial charge < -0.3 is 15.0 Å². The van der Waals surface area contributed by atoms with E-state index < -0.39 is 0 Å². The van der Waals surface area contributed by atoms with Crippen LogP contribution in [-0.4, -0.2) is 57.2 Å². The second-order valence-electron chi connectivity index (χ2n) is 9.63. The average Bonchev–Trinajstić information content (AvgIpc) is 2.90. The number of hydrogen-bond donors (Lipinski definition) is 1. The van der Waals surface area contributed by atoms with Crippen LogP contribution >= 0.6 is 0 Å². The molecule has 1 aliphatic heterocycles. The quantitative estimate of drug-likeness (QED) is 0.509. The number of amides is 1. The Morgan fingerprint density at radius 2 is 1.74 bits per heavy atom. The number of carbonyl (C=O) groups is 1. The van der Waals surface area contributed by atoms with E-state index in [1.54, 1.807) is 19.2 Å². The Labute approximate surface area is 203 Å². The van der Waals surface area contributed by atoms with Crippen LogP contribution in [0.15, 0.2) is 48.5 Å². The number of methoxy groups -OCH3 is 1. The molecule has 0 spiro atoms. The predicted octanol–water partition coefficient (Wildman–Crippen LogP) is 4.83. The predicted molar refractivity (Wildman–Crippen MR) is 135 cm³/mol. The van der Waals surface area contributed by atoms with Crippen LogP contribution in [0.25, 0.3) is 0 Å². The normalized spacial score (nSPS) is 19.4. The van der Waals surface area contributed by atoms with Crippen molar-refractivity contribution < 1.29 is 13.9 Å². The summed E-state index contributed by atoms with van der Waals surface area (Å²) in [4.78, 5) is 16.4. The van der Waals surface area contributed by atoms with Gasteiger partial charge in [-0.05, 0) is 55.5 Å². The van der Waals surface area contributed by atoms with Gasteiger partial charge in [-0.15, -0.1) is 0 Å². The lowest BCUT2D eigenvalue weighted by atomic mass is 9.75. The van der Waals surface area contributed by atoms with Gasteiger partial charge in [-0.2, -0.15) is 0 Å². The molecule has 1 saturated carbocycles. The first-order valence-electron chi connectivity index (χ1n) is 12.8. The maximum atomic E-state index is 14.9. The first-order valence-corrected chi connectivity index (χ1v) is 12.8. The molecule has 1 aliphatic carbocycles. The van der Waals surface area contributed by atoms with Crippen LogP contribution in [0.2, 0.25) is 0 Å². The number of benzene rings is 2. The Hall–Kier alpha value is -2.60. The lowest BCUT2D eigenvalue weighted by Gasteiger charge is -2.39. The van der Waals surface area contributed by atoms with Gasteiger partial charge in [0.15, 0.2) is 0 Å². The van der Waals surface area contributed by atoms with Crippen LogP contribution in [0.5, 0.6) is 5.75 Å². The fourth-order valence-electron chi connectivity index (χ4n) is 5.88. The van der Waals surface area contributed by atoms with Crippen LogP contribution in [0, 0.1) is 11.7 Å². The topological polar surface area (TPSA) is 44.8 Å². The van der Waals surface area contributed by atoms with Crippen molar-refractivity contribution in [2.45, 2.75) is 50.5 Å². The van der Waals surface area contributed by atoms with Crippen molar-refractivity contribution in [3.8, 4) is 5.75 Å². The summed E-state index contributed by atoms with van der Waals surface area (Å²) >= 11 is 0. The zero-order valence-corrected chi connectivity index (χ0v) is 20.3. The fourth-order valence-corrected chi connectivity index (χ4v) is 5.88. The summed E-state index contributed by atoms with van der Waals surface area (Å²) in [5.74, 6) is 1.13. The summed E-state index contributed by atoms with van der Waals surface area (Å²) < 4.78 is 20.5. The zero-order valence-electron chi connectivity index (χ0n) is 20.3. The van der Waals surface area contributed by atoms with Gasteiger partial charge in [0.25, 0.3) is 0 Å². The minimum atomic E-state index is -0.165. The van der Waals surface area contributed by atoms with E-state index in [1.165, 1.54) is 19.3 Å². The molecule has 2 fully saturated rings. The second-order valence-corrected chi connectivity index (χ2v) is 9.63. The molecule has 2 aliphatic rings. The van der Waals surface area contributed by atoms with E-state index in [1.807, 2.05) is 24.3 Å². The molecule has 1 N–H and O–H groups in total. The van der Waals surface area contributed by atoms with Gasteiger partial charge in [0.1, 0.15) is 11.6 Å². The molecule has 0 radical (unpaired) electrons. The third-order valence-corrected chi connectivity index (χ3v) is 7.71. The number of piperazine rings is 1. The monoisotopic (exact) mass is 467 g/mol. The van der Waals surface area contributed by atoms with Gasteiger partial charge in [0.2, 0.25) is 6.41 Å². The molecule has 2 aromatic rings. The van der Waals surface area contributed by atoms with Crippen molar-refractivity contribution in [2.75, 3.05) is 44.7 Å². The minimum Gasteiger partial charge on any atom is -0.495 e. The van der Waals surface area contributed by atoms with Gasteiger partial charge in [-0.1, -0.05) is 49.6 Å². The highest BCUT2D eigenvalue weighted by molar-refractivity contribution is 5.58. The highest BCUT2D eigenvalue weighted by atomic mass is 19.1. The number of rotatable bonds is 10. The van der Waals surface area contributed by atoms with Crippen LogP contribution in [0.3, 0.4) is 0 Å². The number of para-hydroxylation sites is 2. The van der Waals surface area contributed by atoms with E-state index in [4.69, 9.17) is 4.74 Å². The molecule has 1 saturated heterocycles. The van der Waals surface area contributed by atoms with E-state index >= 15 is 0 Å². The number of hydrogen-bond acceptors (Lipinski definition) is 4. The SMILES string of the molecule is COc1ccccc1N1CCN(CCC(c2ccccc2F)C(NC=O)C2CCCCC2)CC1. The maximum absolute atomic E-state index is 14.9. The standard InChI is InChI=1S/C28H38FN3O2/c1-34-27-14-8-7-13-26(27)32-19-17-31(18-20-32)16-15-24(23-11-5-6-12-25(23)29)28(30-21-33)22-9-3-2-4-10-22/h5-8,11-14,21-22,24,28H,2-4,9-10,15-20H2,1H3,(H,30,33). The molecule has 2 atom stereocenters. The Balaban J connectivity index is 1.44. The summed E-state index contributed by atoms with van der Waals surface area (Å²) in [5, 5.41) is 3.12. The summed E-state index contributed by atoms with van der Waals surface area (Å²) in [6, 6.07) is 15.3. The average molecular weight is 468 g/mol. The number of anilines is 1. The smallest absolute Gasteiger partial charge is 0.207 e. The Bertz CT molecular complexity index is 910. The third kappa shape index (κ3) is 5.90. The van der Waals surface area contributed by atoms with E-state index in [2.05, 4.69) is 27.2 Å². The third-order valence-electron chi connectivity index (χ3n) is 7.71. The first-order chi connectivity index (χ1) is 16.7. The molecule has 5 nitrogen and oxygen atoms in total. The zero-order chi connectivity index (χ0) is 23.8. The fraction of sp³-hybridized carbons (Fsp3) is 0.536. The van der Waals surface area contributed by atoms with Gasteiger partial charge in [-0.3, -0.25) is 9.69 Å². The van der Waals surface area contributed by atoms with Crippen molar-refractivity contribution in [1.29, 1.82) is 0 Å². The molecule has 4 rings (SSSR count). The molecular weight excluding hydrogens is 429 g/mol. The molecule has 0 aromatic heterocycles. The summed E-state index contributed by atoms with van der Waals surface area (Å²) in [6.07, 6.45) is 7.50. The molecule has 2 unspecified atom stereocenters. The lowest BCUT2D eigenvalue weighted by Crippen LogP contribution is -2.48. The maximum Gasteiger partial charge on any atom is 0.207 e. The summed E-state index contributed by atoms with van der Waals surface area (Å²) in [7, 11) is 1.72. The van der Waals surface area contributed by atoms with Gasteiger partial charge in [0, 0.05) is 38.1 Å². The molecule has 0 bridgehead atoms. The van der Waals surface area contributed by atoms with Gasteiger partial charge in [-0.25, -0.2) is 4.39 Å². The Kier molecular flexibility index (Phi) is 8.80. The highest BCUT2D eigenvalue weighted by Crippen LogP contribution is 2.36. The second kappa shape index (κ2) is 12.2. The summed E-state index contributed by atoms with van der Waals surface area (Å²) in [5.41, 5.74) is 1.88. The number of nitrogens with one attached hydrogen (secondary N) is 1.